The van der Waals surface area contributed by atoms with E-state index in [2.05, 4.69) is 21.2 Å². The third-order valence-corrected chi connectivity index (χ3v) is 9.22. The first-order chi connectivity index (χ1) is 18.2. The number of urea groups is 1. The molecule has 1 N–H and O–H groups in total. The molecule has 0 unspecified atom stereocenters. The first kappa shape index (κ1) is 24.8. The Labute approximate surface area is 227 Å². The van der Waals surface area contributed by atoms with Crippen molar-refractivity contribution in [3.8, 4) is 5.75 Å². The highest BCUT2D eigenvalue weighted by Crippen LogP contribution is 2.60. The number of ether oxygens (including phenoxy) is 1. The van der Waals surface area contributed by atoms with Crippen molar-refractivity contribution in [1.82, 2.24) is 5.32 Å². The fraction of sp³-hybridized carbons (Fsp3) is 0.393. The van der Waals surface area contributed by atoms with Crippen LogP contribution in [0, 0.1) is 27.9 Å². The Morgan fingerprint density at radius 1 is 1.05 bits per heavy atom. The molecule has 9 nitrogen and oxygen atoms in total. The van der Waals surface area contributed by atoms with Crippen LogP contribution in [0.1, 0.15) is 49.7 Å². The molecule has 0 aromatic heterocycles. The zero-order valence-electron chi connectivity index (χ0n) is 20.7. The van der Waals surface area contributed by atoms with E-state index < -0.39 is 22.8 Å². The number of halogens is 1. The molecule has 1 heterocycles. The first-order valence-electron chi connectivity index (χ1n) is 12.7. The SMILES string of the molecule is COc1c(Br)cc(/C=C2\C(=O)NC(=O)N(c3ccc(C45CC6CC(CC(C6)C4)C5)cc3)C2=O)cc1[N+](=O)[O-]. The average Bonchev–Trinajstić information content (AvgIpc) is 2.85. The molecule has 0 radical (unpaired) electrons. The van der Waals surface area contributed by atoms with Crippen molar-refractivity contribution in [3.05, 3.63) is 67.7 Å². The lowest BCUT2D eigenvalue weighted by molar-refractivity contribution is -0.385. The van der Waals surface area contributed by atoms with Gasteiger partial charge in [0.25, 0.3) is 11.8 Å². The number of benzene rings is 2. The standard InChI is InChI=1S/C28H26BrN3O6/c1-38-24-22(29)10-15(11-23(24)32(36)37)9-21-25(33)30-27(35)31(26(21)34)20-4-2-19(3-5-20)28-12-16-6-17(13-28)8-18(7-16)14-28/h2-5,9-11,16-18H,6-8,12-14H2,1H3,(H,30,33,35)/b21-9+. The normalized spacial score (nSPS) is 29.1. The number of nitro benzene ring substituents is 1. The Bertz CT molecular complexity index is 1380. The fourth-order valence-corrected chi connectivity index (χ4v) is 8.14. The van der Waals surface area contributed by atoms with Gasteiger partial charge in [-0.15, -0.1) is 0 Å². The Kier molecular flexibility index (Phi) is 5.90. The van der Waals surface area contributed by atoms with Crippen molar-refractivity contribution >= 4 is 51.2 Å². The topological polar surface area (TPSA) is 119 Å². The molecule has 0 spiro atoms. The number of nitro groups is 1. The number of carbonyl (C=O) groups is 3. The summed E-state index contributed by atoms with van der Waals surface area (Å²) in [5, 5.41) is 13.7. The number of hydrogen-bond donors (Lipinski definition) is 1. The van der Waals surface area contributed by atoms with Gasteiger partial charge < -0.3 is 4.74 Å². The van der Waals surface area contributed by atoms with Gasteiger partial charge in [-0.1, -0.05) is 12.1 Å². The summed E-state index contributed by atoms with van der Waals surface area (Å²) in [6.45, 7) is 0. The fourth-order valence-electron chi connectivity index (χ4n) is 7.51. The lowest BCUT2D eigenvalue weighted by Gasteiger charge is -2.57. The minimum atomic E-state index is -0.865. The van der Waals surface area contributed by atoms with E-state index in [1.165, 1.54) is 69.4 Å². The molecule has 2 aromatic rings. The lowest BCUT2D eigenvalue weighted by atomic mass is 9.48. The zero-order valence-corrected chi connectivity index (χ0v) is 22.3. The summed E-state index contributed by atoms with van der Waals surface area (Å²) in [4.78, 5) is 50.6. The number of carbonyl (C=O) groups excluding carboxylic acids is 3. The molecule has 5 aliphatic rings. The maximum absolute atomic E-state index is 13.4. The van der Waals surface area contributed by atoms with Crippen LogP contribution in [0.2, 0.25) is 0 Å². The van der Waals surface area contributed by atoms with Crippen molar-refractivity contribution in [3.63, 3.8) is 0 Å². The maximum atomic E-state index is 13.4. The Balaban J connectivity index is 1.31. The zero-order chi connectivity index (χ0) is 26.8. The molecule has 196 valence electrons. The number of anilines is 1. The number of rotatable bonds is 5. The highest BCUT2D eigenvalue weighted by Gasteiger charge is 2.51. The summed E-state index contributed by atoms with van der Waals surface area (Å²) >= 11 is 3.23. The van der Waals surface area contributed by atoms with Gasteiger partial charge in [0.1, 0.15) is 5.57 Å². The van der Waals surface area contributed by atoms with Crippen LogP contribution >= 0.6 is 15.9 Å². The summed E-state index contributed by atoms with van der Waals surface area (Å²) in [5.41, 5.74) is 1.40. The van der Waals surface area contributed by atoms with E-state index in [1.807, 2.05) is 12.1 Å². The van der Waals surface area contributed by atoms with Crippen LogP contribution in [0.25, 0.3) is 6.08 Å². The largest absolute Gasteiger partial charge is 0.489 e. The van der Waals surface area contributed by atoms with Crippen LogP contribution in [-0.2, 0) is 15.0 Å². The molecular weight excluding hydrogens is 554 g/mol. The number of hydrogen-bond acceptors (Lipinski definition) is 6. The number of amides is 4. The van der Waals surface area contributed by atoms with Crippen molar-refractivity contribution in [2.45, 2.75) is 43.9 Å². The smallest absolute Gasteiger partial charge is 0.335 e. The van der Waals surface area contributed by atoms with E-state index in [0.717, 1.165) is 22.7 Å². The molecule has 1 saturated heterocycles. The predicted octanol–water partition coefficient (Wildman–Crippen LogP) is 5.50. The van der Waals surface area contributed by atoms with Crippen LogP contribution in [-0.4, -0.2) is 29.9 Å². The second-order valence-corrected chi connectivity index (χ2v) is 11.9. The van der Waals surface area contributed by atoms with Gasteiger partial charge in [-0.25, -0.2) is 9.69 Å². The third-order valence-electron chi connectivity index (χ3n) is 8.64. The highest BCUT2D eigenvalue weighted by atomic mass is 79.9. The quantitative estimate of drug-likeness (QED) is 0.216. The minimum absolute atomic E-state index is 0.0208. The first-order valence-corrected chi connectivity index (χ1v) is 13.5. The van der Waals surface area contributed by atoms with Crippen LogP contribution in [0.15, 0.2) is 46.4 Å². The van der Waals surface area contributed by atoms with Crippen molar-refractivity contribution in [1.29, 1.82) is 0 Å². The molecule has 5 fully saturated rings. The summed E-state index contributed by atoms with van der Waals surface area (Å²) in [6.07, 6.45) is 8.87. The molecule has 1 aliphatic heterocycles. The van der Waals surface area contributed by atoms with E-state index in [4.69, 9.17) is 4.74 Å². The van der Waals surface area contributed by atoms with Gasteiger partial charge in [-0.3, -0.25) is 25.0 Å². The molecule has 0 atom stereocenters. The molecule has 7 rings (SSSR count). The second kappa shape index (κ2) is 9.04. The van der Waals surface area contributed by atoms with Crippen LogP contribution in [0.5, 0.6) is 5.75 Å². The van der Waals surface area contributed by atoms with Gasteiger partial charge >= 0.3 is 11.7 Å². The second-order valence-electron chi connectivity index (χ2n) is 11.0. The highest BCUT2D eigenvalue weighted by molar-refractivity contribution is 9.10. The van der Waals surface area contributed by atoms with Gasteiger partial charge in [0, 0.05) is 6.07 Å². The minimum Gasteiger partial charge on any atom is -0.489 e. The van der Waals surface area contributed by atoms with Crippen LogP contribution in [0.4, 0.5) is 16.2 Å². The molecular formula is C28H26BrN3O6. The van der Waals surface area contributed by atoms with Gasteiger partial charge in [0.15, 0.2) is 0 Å². The van der Waals surface area contributed by atoms with E-state index in [1.54, 1.807) is 12.1 Å². The maximum Gasteiger partial charge on any atom is 0.335 e. The van der Waals surface area contributed by atoms with Crippen LogP contribution in [0.3, 0.4) is 0 Å². The number of methoxy groups -OCH3 is 1. The molecule has 38 heavy (non-hydrogen) atoms. The number of barbiturate groups is 1. The number of imide groups is 2. The van der Waals surface area contributed by atoms with Crippen LogP contribution < -0.4 is 15.0 Å². The predicted molar refractivity (Wildman–Crippen MR) is 143 cm³/mol. The Hall–Kier alpha value is -3.53. The van der Waals surface area contributed by atoms with Crippen molar-refractivity contribution in [2.75, 3.05) is 12.0 Å². The van der Waals surface area contributed by atoms with E-state index in [0.29, 0.717) is 5.69 Å². The van der Waals surface area contributed by atoms with Crippen molar-refractivity contribution < 1.29 is 24.0 Å². The molecule has 4 bridgehead atoms. The summed E-state index contributed by atoms with van der Waals surface area (Å²) in [5.74, 6) is 0.744. The molecule has 4 saturated carbocycles. The third kappa shape index (κ3) is 4.02. The van der Waals surface area contributed by atoms with E-state index in [-0.39, 0.29) is 32.5 Å². The molecule has 10 heteroatoms. The average molecular weight is 580 g/mol. The van der Waals surface area contributed by atoms with E-state index in [9.17, 15) is 24.5 Å². The van der Waals surface area contributed by atoms with Gasteiger partial charge in [0.2, 0.25) is 5.75 Å². The van der Waals surface area contributed by atoms with Crippen molar-refractivity contribution in [2.24, 2.45) is 17.8 Å². The Morgan fingerprint density at radius 2 is 1.66 bits per heavy atom. The lowest BCUT2D eigenvalue weighted by Crippen LogP contribution is -2.54. The number of nitrogens with zero attached hydrogens (tertiary/aromatic N) is 2. The molecule has 2 aromatic carbocycles. The molecule has 4 aliphatic carbocycles. The Morgan fingerprint density at radius 3 is 2.21 bits per heavy atom. The summed E-state index contributed by atoms with van der Waals surface area (Å²) < 4.78 is 5.38. The van der Waals surface area contributed by atoms with Gasteiger partial charge in [0.05, 0.1) is 22.2 Å². The van der Waals surface area contributed by atoms with Gasteiger partial charge in [-0.05, 0) is 113 Å². The van der Waals surface area contributed by atoms with Gasteiger partial charge in [-0.2, -0.15) is 0 Å². The number of nitrogens with one attached hydrogen (secondary N) is 1. The van der Waals surface area contributed by atoms with E-state index >= 15 is 0 Å². The summed E-state index contributed by atoms with van der Waals surface area (Å²) in [6, 6.07) is 9.46. The summed E-state index contributed by atoms with van der Waals surface area (Å²) in [7, 11) is 1.31. The molecule has 4 amide bonds. The monoisotopic (exact) mass is 579 g/mol.